The van der Waals surface area contributed by atoms with E-state index in [1.54, 1.807) is 0 Å². The van der Waals surface area contributed by atoms with Gasteiger partial charge in [-0.3, -0.25) is 4.79 Å². The molecule has 2 aliphatic rings. The average molecular weight is 295 g/mol. The molecule has 0 spiro atoms. The van der Waals surface area contributed by atoms with Crippen LogP contribution < -0.4 is 10.6 Å². The summed E-state index contributed by atoms with van der Waals surface area (Å²) in [6, 6.07) is 1.80. The lowest BCUT2D eigenvalue weighted by Gasteiger charge is -2.29. The summed E-state index contributed by atoms with van der Waals surface area (Å²) < 4.78 is 0. The third-order valence-electron chi connectivity index (χ3n) is 5.05. The highest BCUT2D eigenvalue weighted by Crippen LogP contribution is 2.32. The first-order chi connectivity index (χ1) is 9.94. The molecule has 2 bridgehead atoms. The summed E-state index contributed by atoms with van der Waals surface area (Å²) in [7, 11) is 4.20. The van der Waals surface area contributed by atoms with Gasteiger partial charge in [0.05, 0.1) is 0 Å². The third kappa shape index (κ3) is 5.26. The molecule has 2 heterocycles. The second-order valence-corrected chi connectivity index (χ2v) is 7.73. The number of amides is 1. The number of hydrogen-bond acceptors (Lipinski definition) is 3. The first-order valence-corrected chi connectivity index (χ1v) is 8.63. The number of hydrogen-bond donors (Lipinski definition) is 2. The highest BCUT2D eigenvalue weighted by Gasteiger charge is 2.34. The number of carbonyl (C=O) groups excluding carboxylic acids is 1. The van der Waals surface area contributed by atoms with Gasteiger partial charge in [0.15, 0.2) is 0 Å². The number of nitrogens with zero attached hydrogens (tertiary/aromatic N) is 1. The van der Waals surface area contributed by atoms with Crippen LogP contribution in [0.1, 0.15) is 52.4 Å². The van der Waals surface area contributed by atoms with Crippen molar-refractivity contribution in [3.8, 4) is 0 Å². The van der Waals surface area contributed by atoms with E-state index in [2.05, 4.69) is 43.5 Å². The van der Waals surface area contributed by atoms with Gasteiger partial charge in [-0.2, -0.15) is 0 Å². The minimum absolute atomic E-state index is 0.247. The van der Waals surface area contributed by atoms with Crippen molar-refractivity contribution < 1.29 is 4.79 Å². The molecule has 3 unspecified atom stereocenters. The van der Waals surface area contributed by atoms with Crippen LogP contribution in [-0.4, -0.2) is 49.6 Å². The molecule has 4 heteroatoms. The summed E-state index contributed by atoms with van der Waals surface area (Å²) in [4.78, 5) is 14.4. The van der Waals surface area contributed by atoms with Crippen LogP contribution in [0.2, 0.25) is 0 Å². The lowest BCUT2D eigenvalue weighted by atomic mass is 9.89. The molecule has 2 fully saturated rings. The van der Waals surface area contributed by atoms with Crippen molar-refractivity contribution in [3.05, 3.63) is 0 Å². The Hall–Kier alpha value is -0.610. The Kier molecular flexibility index (Phi) is 6.06. The molecule has 4 nitrogen and oxygen atoms in total. The fourth-order valence-electron chi connectivity index (χ4n) is 3.93. The van der Waals surface area contributed by atoms with E-state index in [1.165, 1.54) is 25.7 Å². The molecule has 1 amide bonds. The number of rotatable bonds is 7. The standard InChI is InChI=1S/C17H33N3O/c1-12(2)7-16(20(3)4)11-18-17(21)10-13-8-14-5-6-15(9-13)19-14/h12-16,19H,5-11H2,1-4H3,(H,18,21). The van der Waals surface area contributed by atoms with Crippen molar-refractivity contribution in [3.63, 3.8) is 0 Å². The third-order valence-corrected chi connectivity index (χ3v) is 5.05. The summed E-state index contributed by atoms with van der Waals surface area (Å²) >= 11 is 0. The van der Waals surface area contributed by atoms with E-state index < -0.39 is 0 Å². The first-order valence-electron chi connectivity index (χ1n) is 8.63. The minimum Gasteiger partial charge on any atom is -0.355 e. The van der Waals surface area contributed by atoms with Crippen LogP contribution in [0.25, 0.3) is 0 Å². The quantitative estimate of drug-likeness (QED) is 0.755. The number of carbonyl (C=O) groups is 1. The van der Waals surface area contributed by atoms with E-state index in [0.717, 1.165) is 19.4 Å². The van der Waals surface area contributed by atoms with Gasteiger partial charge >= 0.3 is 0 Å². The van der Waals surface area contributed by atoms with Gasteiger partial charge in [-0.05, 0) is 58.0 Å². The van der Waals surface area contributed by atoms with E-state index in [9.17, 15) is 4.79 Å². The number of likely N-dealkylation sites (N-methyl/N-ethyl adjacent to an activating group) is 1. The van der Waals surface area contributed by atoms with E-state index >= 15 is 0 Å². The Balaban J connectivity index is 1.71. The second-order valence-electron chi connectivity index (χ2n) is 7.73. The number of nitrogens with one attached hydrogen (secondary N) is 2. The smallest absolute Gasteiger partial charge is 0.220 e. The van der Waals surface area contributed by atoms with Gasteiger partial charge in [-0.25, -0.2) is 0 Å². The first kappa shape index (κ1) is 16.8. The largest absolute Gasteiger partial charge is 0.355 e. The van der Waals surface area contributed by atoms with Crippen LogP contribution in [0.3, 0.4) is 0 Å². The Bertz CT molecular complexity index is 331. The minimum atomic E-state index is 0.247. The SMILES string of the molecule is CC(C)CC(CNC(=O)CC1CC2CCC(C1)N2)N(C)C. The molecular weight excluding hydrogens is 262 g/mol. The van der Waals surface area contributed by atoms with Crippen molar-refractivity contribution in [2.75, 3.05) is 20.6 Å². The van der Waals surface area contributed by atoms with E-state index in [0.29, 0.717) is 30.0 Å². The van der Waals surface area contributed by atoms with Crippen LogP contribution in [-0.2, 0) is 4.79 Å². The summed E-state index contributed by atoms with van der Waals surface area (Å²) in [6.07, 6.45) is 6.83. The van der Waals surface area contributed by atoms with Gasteiger partial charge in [-0.15, -0.1) is 0 Å². The fraction of sp³-hybridized carbons (Fsp3) is 0.941. The van der Waals surface area contributed by atoms with Gasteiger partial charge in [0.25, 0.3) is 0 Å². The highest BCUT2D eigenvalue weighted by molar-refractivity contribution is 5.76. The Labute approximate surface area is 130 Å². The predicted octanol–water partition coefficient (Wildman–Crippen LogP) is 2.00. The van der Waals surface area contributed by atoms with Crippen LogP contribution in [0.15, 0.2) is 0 Å². The van der Waals surface area contributed by atoms with Crippen LogP contribution in [0.4, 0.5) is 0 Å². The van der Waals surface area contributed by atoms with Gasteiger partial charge in [0.1, 0.15) is 0 Å². The van der Waals surface area contributed by atoms with E-state index in [1.807, 2.05) is 0 Å². The summed E-state index contributed by atoms with van der Waals surface area (Å²) in [6.45, 7) is 5.26. The maximum absolute atomic E-state index is 12.2. The molecule has 2 saturated heterocycles. The normalized spacial score (nSPS) is 29.9. The average Bonchev–Trinajstić information content (AvgIpc) is 2.73. The van der Waals surface area contributed by atoms with E-state index in [4.69, 9.17) is 0 Å². The number of fused-ring (bicyclic) bond motifs is 2. The van der Waals surface area contributed by atoms with Crippen LogP contribution >= 0.6 is 0 Å². The van der Waals surface area contributed by atoms with Gasteiger partial charge in [0.2, 0.25) is 5.91 Å². The molecule has 0 saturated carbocycles. The zero-order valence-electron chi connectivity index (χ0n) is 14.2. The lowest BCUT2D eigenvalue weighted by Crippen LogP contribution is -2.43. The number of piperidine rings is 1. The monoisotopic (exact) mass is 295 g/mol. The Morgan fingerprint density at radius 1 is 1.24 bits per heavy atom. The zero-order chi connectivity index (χ0) is 15.4. The summed E-state index contributed by atoms with van der Waals surface area (Å²) in [5.74, 6) is 1.50. The van der Waals surface area contributed by atoms with Crippen LogP contribution in [0, 0.1) is 11.8 Å². The highest BCUT2D eigenvalue weighted by atomic mass is 16.1. The zero-order valence-corrected chi connectivity index (χ0v) is 14.2. The maximum atomic E-state index is 12.2. The molecule has 122 valence electrons. The van der Waals surface area contributed by atoms with Gasteiger partial charge in [0, 0.05) is 31.1 Å². The molecule has 0 radical (unpaired) electrons. The Morgan fingerprint density at radius 2 is 1.86 bits per heavy atom. The molecule has 2 N–H and O–H groups in total. The summed E-state index contributed by atoms with van der Waals surface area (Å²) in [5.41, 5.74) is 0. The van der Waals surface area contributed by atoms with Crippen molar-refractivity contribution in [2.24, 2.45) is 11.8 Å². The van der Waals surface area contributed by atoms with Crippen molar-refractivity contribution in [1.82, 2.24) is 15.5 Å². The van der Waals surface area contributed by atoms with E-state index in [-0.39, 0.29) is 5.91 Å². The maximum Gasteiger partial charge on any atom is 0.220 e. The molecule has 0 aliphatic carbocycles. The topological polar surface area (TPSA) is 44.4 Å². The molecule has 21 heavy (non-hydrogen) atoms. The van der Waals surface area contributed by atoms with Gasteiger partial charge in [-0.1, -0.05) is 13.8 Å². The fourth-order valence-corrected chi connectivity index (χ4v) is 3.93. The van der Waals surface area contributed by atoms with Gasteiger partial charge < -0.3 is 15.5 Å². The van der Waals surface area contributed by atoms with Crippen LogP contribution in [0.5, 0.6) is 0 Å². The molecular formula is C17H33N3O. The predicted molar refractivity (Wildman–Crippen MR) is 87.2 cm³/mol. The lowest BCUT2D eigenvalue weighted by molar-refractivity contribution is -0.122. The van der Waals surface area contributed by atoms with Crippen molar-refractivity contribution >= 4 is 5.91 Å². The molecule has 0 aromatic carbocycles. The molecule has 3 atom stereocenters. The molecule has 2 rings (SSSR count). The summed E-state index contributed by atoms with van der Waals surface area (Å²) in [5, 5.41) is 6.81. The van der Waals surface area contributed by atoms with Crippen molar-refractivity contribution in [2.45, 2.75) is 70.5 Å². The molecule has 0 aromatic rings. The molecule has 0 aromatic heterocycles. The molecule has 2 aliphatic heterocycles. The second kappa shape index (κ2) is 7.59. The Morgan fingerprint density at radius 3 is 2.38 bits per heavy atom. The van der Waals surface area contributed by atoms with Crippen molar-refractivity contribution in [1.29, 1.82) is 0 Å².